The summed E-state index contributed by atoms with van der Waals surface area (Å²) >= 11 is 1.25. The van der Waals surface area contributed by atoms with Gasteiger partial charge in [-0.1, -0.05) is 42.0 Å². The number of carbonyl (C=O) groups excluding carboxylic acids is 2. The molecule has 2 amide bonds. The van der Waals surface area contributed by atoms with Crippen molar-refractivity contribution in [3.05, 3.63) is 65.2 Å². The molecule has 3 N–H and O–H groups in total. The van der Waals surface area contributed by atoms with Crippen molar-refractivity contribution in [3.63, 3.8) is 0 Å². The van der Waals surface area contributed by atoms with Crippen LogP contribution in [0, 0.1) is 35.0 Å². The van der Waals surface area contributed by atoms with Gasteiger partial charge in [-0.2, -0.15) is 10.5 Å². The molecule has 0 saturated heterocycles. The van der Waals surface area contributed by atoms with Crippen LogP contribution in [0.25, 0.3) is 0 Å². The van der Waals surface area contributed by atoms with Gasteiger partial charge in [0, 0.05) is 40.5 Å². The van der Waals surface area contributed by atoms with Gasteiger partial charge in [0.25, 0.3) is 0 Å². The third-order valence-electron chi connectivity index (χ3n) is 6.03. The predicted octanol–water partition coefficient (Wildman–Crippen LogP) is 3.98. The summed E-state index contributed by atoms with van der Waals surface area (Å²) in [5.74, 6) is -0.550. The molecule has 0 spiro atoms. The fourth-order valence-electron chi connectivity index (χ4n) is 3.81. The molecule has 2 aromatic carbocycles. The largest absolute Gasteiger partial charge is 0.383 e. The molecular weight excluding hydrogens is 496 g/mol. The van der Waals surface area contributed by atoms with E-state index in [1.165, 1.54) is 35.4 Å². The van der Waals surface area contributed by atoms with Crippen LogP contribution in [0.2, 0.25) is 0 Å². The lowest BCUT2D eigenvalue weighted by Gasteiger charge is -2.23. The van der Waals surface area contributed by atoms with Crippen molar-refractivity contribution in [3.8, 4) is 12.1 Å². The Morgan fingerprint density at radius 2 is 1.87 bits per heavy atom. The standard InChI is InChI=1S/C29H38N6O2S.2H2/c1-5-32-27(36)26(38-21-29(3,20-31)28(37)33-14-13-30)18-34-25-11-7-9-23(17-25)12-15-35(4)19-24-10-6-8-22(2)16-24;;/h6-11,16-17,26,34H,5,12,14-15,18-19,21H2,1-4H3,(H,32,36)(H,33,37);2*1H. The number of nitrogens with one attached hydrogen (secondary N) is 3. The Hall–Kier alpha value is -3.53. The summed E-state index contributed by atoms with van der Waals surface area (Å²) in [6, 6.07) is 20.6. The first-order valence-electron chi connectivity index (χ1n) is 12.7. The monoisotopic (exact) mass is 538 g/mol. The van der Waals surface area contributed by atoms with E-state index in [9.17, 15) is 14.9 Å². The maximum absolute atomic E-state index is 12.7. The number of hydrogen-bond donors (Lipinski definition) is 3. The van der Waals surface area contributed by atoms with Gasteiger partial charge in [-0.05, 0) is 57.5 Å². The zero-order chi connectivity index (χ0) is 28.0. The zero-order valence-electron chi connectivity index (χ0n) is 22.7. The van der Waals surface area contributed by atoms with Crippen molar-refractivity contribution in [2.75, 3.05) is 44.3 Å². The molecule has 0 radical (unpaired) electrons. The Balaban J connectivity index is 0.00000760. The number of nitriles is 2. The van der Waals surface area contributed by atoms with E-state index in [1.807, 2.05) is 31.2 Å². The van der Waals surface area contributed by atoms with Crippen LogP contribution in [-0.2, 0) is 22.6 Å². The number of thioether (sulfide) groups is 1. The lowest BCUT2D eigenvalue weighted by Crippen LogP contribution is -2.42. The molecule has 206 valence electrons. The summed E-state index contributed by atoms with van der Waals surface area (Å²) < 4.78 is 0. The van der Waals surface area contributed by atoms with E-state index in [1.54, 1.807) is 0 Å². The van der Waals surface area contributed by atoms with Crippen molar-refractivity contribution >= 4 is 29.3 Å². The minimum absolute atomic E-state index is 0. The molecule has 0 fully saturated rings. The highest BCUT2D eigenvalue weighted by molar-refractivity contribution is 8.00. The highest BCUT2D eigenvalue weighted by Crippen LogP contribution is 2.26. The van der Waals surface area contributed by atoms with Gasteiger partial charge in [-0.25, -0.2) is 0 Å². The quantitative estimate of drug-likeness (QED) is 0.293. The summed E-state index contributed by atoms with van der Waals surface area (Å²) in [4.78, 5) is 27.4. The summed E-state index contributed by atoms with van der Waals surface area (Å²) in [5.41, 5.74) is 3.31. The van der Waals surface area contributed by atoms with Gasteiger partial charge in [0.15, 0.2) is 0 Å². The van der Waals surface area contributed by atoms with Crippen molar-refractivity contribution in [2.45, 2.75) is 39.0 Å². The topological polar surface area (TPSA) is 121 Å². The Kier molecular flexibility index (Phi) is 12.6. The number of hydrogen-bond acceptors (Lipinski definition) is 7. The van der Waals surface area contributed by atoms with Gasteiger partial charge in [0.2, 0.25) is 11.8 Å². The van der Waals surface area contributed by atoms with Gasteiger partial charge < -0.3 is 20.9 Å². The second kappa shape index (κ2) is 15.7. The maximum atomic E-state index is 12.7. The molecule has 2 unspecified atom stereocenters. The molecule has 9 heteroatoms. The van der Waals surface area contributed by atoms with E-state index < -0.39 is 16.6 Å². The molecule has 0 aliphatic heterocycles. The van der Waals surface area contributed by atoms with Crippen molar-refractivity contribution < 1.29 is 12.4 Å². The molecule has 0 saturated carbocycles. The van der Waals surface area contributed by atoms with E-state index >= 15 is 0 Å². The highest BCUT2D eigenvalue weighted by atomic mass is 32.2. The average Bonchev–Trinajstić information content (AvgIpc) is 2.90. The minimum Gasteiger partial charge on any atom is -0.383 e. The number of carbonyl (C=O) groups is 2. The molecule has 38 heavy (non-hydrogen) atoms. The summed E-state index contributed by atoms with van der Waals surface area (Å²) in [5, 5.41) is 26.5. The van der Waals surface area contributed by atoms with Gasteiger partial charge >= 0.3 is 0 Å². The van der Waals surface area contributed by atoms with E-state index in [2.05, 4.69) is 71.2 Å². The molecule has 2 aromatic rings. The number of aryl methyl sites for hydroxylation is 1. The fourth-order valence-corrected chi connectivity index (χ4v) is 4.98. The lowest BCUT2D eigenvalue weighted by atomic mass is 9.94. The molecule has 2 atom stereocenters. The van der Waals surface area contributed by atoms with Crippen LogP contribution in [0.15, 0.2) is 48.5 Å². The fraction of sp³-hybridized carbons (Fsp3) is 0.448. The summed E-state index contributed by atoms with van der Waals surface area (Å²) in [6.07, 6.45) is 0.894. The summed E-state index contributed by atoms with van der Waals surface area (Å²) in [7, 11) is 2.12. The SMILES string of the molecule is CCNC(=O)C(CNc1cccc(CCN(C)Cc2cccc(C)c2)c1)SCC(C)(C#N)C(=O)NCC#N.[HH].[HH]. The van der Waals surface area contributed by atoms with Crippen LogP contribution in [0.1, 0.15) is 33.4 Å². The van der Waals surface area contributed by atoms with E-state index in [0.717, 1.165) is 25.2 Å². The van der Waals surface area contributed by atoms with E-state index in [-0.39, 0.29) is 21.1 Å². The van der Waals surface area contributed by atoms with Crippen LogP contribution in [0.5, 0.6) is 0 Å². The molecule has 0 bridgehead atoms. The van der Waals surface area contributed by atoms with Crippen molar-refractivity contribution in [2.24, 2.45) is 5.41 Å². The number of likely N-dealkylation sites (N-methyl/N-ethyl adjacent to an activating group) is 1. The lowest BCUT2D eigenvalue weighted by molar-refractivity contribution is -0.126. The number of nitrogens with zero attached hydrogens (tertiary/aromatic N) is 3. The minimum atomic E-state index is -1.35. The highest BCUT2D eigenvalue weighted by Gasteiger charge is 2.35. The first-order valence-corrected chi connectivity index (χ1v) is 13.8. The van der Waals surface area contributed by atoms with Crippen LogP contribution >= 0.6 is 11.8 Å². The zero-order valence-corrected chi connectivity index (χ0v) is 23.5. The van der Waals surface area contributed by atoms with E-state index in [0.29, 0.717) is 13.1 Å². The normalized spacial score (nSPS) is 13.0. The van der Waals surface area contributed by atoms with Crippen LogP contribution < -0.4 is 16.0 Å². The van der Waals surface area contributed by atoms with Crippen LogP contribution in [0.4, 0.5) is 5.69 Å². The third-order valence-corrected chi connectivity index (χ3v) is 7.56. The first kappa shape index (κ1) is 30.7. The second-order valence-corrected chi connectivity index (χ2v) is 10.7. The molecule has 0 aliphatic rings. The smallest absolute Gasteiger partial charge is 0.241 e. The Bertz CT molecular complexity index is 1170. The van der Waals surface area contributed by atoms with Crippen molar-refractivity contribution in [1.29, 1.82) is 10.5 Å². The number of amides is 2. The van der Waals surface area contributed by atoms with Gasteiger partial charge in [0.1, 0.15) is 17.2 Å². The Morgan fingerprint density at radius 3 is 2.55 bits per heavy atom. The second-order valence-electron chi connectivity index (χ2n) is 9.54. The molecule has 2 rings (SSSR count). The van der Waals surface area contributed by atoms with Crippen LogP contribution in [0.3, 0.4) is 0 Å². The number of rotatable bonds is 15. The van der Waals surface area contributed by atoms with Crippen LogP contribution in [-0.4, -0.2) is 60.9 Å². The number of anilines is 1. The van der Waals surface area contributed by atoms with Gasteiger partial charge in [-0.15, -0.1) is 11.8 Å². The summed E-state index contributed by atoms with van der Waals surface area (Å²) in [6.45, 7) is 7.94. The maximum Gasteiger partial charge on any atom is 0.241 e. The molecule has 0 aliphatic carbocycles. The molecular formula is C29H42N6O2S. The first-order chi connectivity index (χ1) is 18.2. The Labute approximate surface area is 233 Å². The molecule has 0 aromatic heterocycles. The van der Waals surface area contributed by atoms with E-state index in [4.69, 9.17) is 5.26 Å². The average molecular weight is 539 g/mol. The Morgan fingerprint density at radius 1 is 1.13 bits per heavy atom. The predicted molar refractivity (Wildman–Crippen MR) is 158 cm³/mol. The number of benzene rings is 2. The third kappa shape index (κ3) is 10.1. The van der Waals surface area contributed by atoms with Gasteiger partial charge in [0.05, 0.1) is 12.1 Å². The molecule has 8 nitrogen and oxygen atoms in total. The van der Waals surface area contributed by atoms with Crippen molar-refractivity contribution in [1.82, 2.24) is 15.5 Å². The molecule has 0 heterocycles. The van der Waals surface area contributed by atoms with Gasteiger partial charge in [-0.3, -0.25) is 9.59 Å².